The van der Waals surface area contributed by atoms with E-state index in [0.29, 0.717) is 17.4 Å². The van der Waals surface area contributed by atoms with Gasteiger partial charge in [-0.05, 0) is 37.3 Å². The highest BCUT2D eigenvalue weighted by atomic mass is 35.5. The molecule has 0 saturated carbocycles. The summed E-state index contributed by atoms with van der Waals surface area (Å²) in [5.74, 6) is -0.985. The topological polar surface area (TPSA) is 69.7 Å². The average molecular weight is 466 g/mol. The molecule has 0 radical (unpaired) electrons. The van der Waals surface area contributed by atoms with E-state index in [9.17, 15) is 17.6 Å². The number of amides is 1. The van der Waals surface area contributed by atoms with Gasteiger partial charge in [0.25, 0.3) is 10.0 Å². The number of thiophene rings is 1. The van der Waals surface area contributed by atoms with Gasteiger partial charge in [-0.15, -0.1) is 11.3 Å². The van der Waals surface area contributed by atoms with Crippen molar-refractivity contribution in [2.75, 3.05) is 31.5 Å². The van der Waals surface area contributed by atoms with E-state index in [-0.39, 0.29) is 33.9 Å². The molecule has 1 aromatic carbocycles. The van der Waals surface area contributed by atoms with Gasteiger partial charge in [0.05, 0.1) is 16.1 Å². The molecular formula is C17H18Cl2FN3O3S2. The minimum absolute atomic E-state index is 0.0528. The molecule has 0 aliphatic carbocycles. The molecule has 0 spiro atoms. The molecule has 28 heavy (non-hydrogen) atoms. The lowest BCUT2D eigenvalue weighted by atomic mass is 10.2. The van der Waals surface area contributed by atoms with Crippen molar-refractivity contribution < 1.29 is 17.6 Å². The van der Waals surface area contributed by atoms with Crippen LogP contribution < -0.4 is 5.32 Å². The summed E-state index contributed by atoms with van der Waals surface area (Å²) in [6.07, 6.45) is 0. The Hall–Kier alpha value is -1.23. The normalized spacial score (nSPS) is 17.4. The molecule has 152 valence electrons. The second-order valence-corrected chi connectivity index (χ2v) is 10.6. The fourth-order valence-electron chi connectivity index (χ4n) is 2.89. The summed E-state index contributed by atoms with van der Waals surface area (Å²) in [5.41, 5.74) is 0.0528. The van der Waals surface area contributed by atoms with Crippen molar-refractivity contribution in [2.45, 2.75) is 17.2 Å². The molecule has 3 rings (SSSR count). The highest BCUT2D eigenvalue weighted by Crippen LogP contribution is 2.29. The molecule has 1 fully saturated rings. The summed E-state index contributed by atoms with van der Waals surface area (Å²) in [4.78, 5) is 14.3. The van der Waals surface area contributed by atoms with Crippen molar-refractivity contribution in [3.05, 3.63) is 45.5 Å². The smallest absolute Gasteiger partial charge is 0.252 e. The van der Waals surface area contributed by atoms with Gasteiger partial charge in [-0.25, -0.2) is 12.8 Å². The lowest BCUT2D eigenvalue weighted by Gasteiger charge is -2.36. The molecule has 6 nitrogen and oxygen atoms in total. The number of rotatable bonds is 5. The molecule has 1 saturated heterocycles. The number of carbonyl (C=O) groups is 1. The van der Waals surface area contributed by atoms with Crippen LogP contribution in [0.1, 0.15) is 6.92 Å². The number of carbonyl (C=O) groups excluding carboxylic acids is 1. The Bertz CT molecular complexity index is 976. The number of anilines is 1. The lowest BCUT2D eigenvalue weighted by Crippen LogP contribution is -2.53. The van der Waals surface area contributed by atoms with Crippen LogP contribution in [0.3, 0.4) is 0 Å². The molecule has 1 amide bonds. The zero-order valence-electron chi connectivity index (χ0n) is 14.9. The third-order valence-electron chi connectivity index (χ3n) is 4.53. The van der Waals surface area contributed by atoms with Crippen LogP contribution in [-0.4, -0.2) is 55.8 Å². The monoisotopic (exact) mass is 465 g/mol. The first kappa shape index (κ1) is 21.5. The van der Waals surface area contributed by atoms with Gasteiger partial charge >= 0.3 is 0 Å². The van der Waals surface area contributed by atoms with E-state index in [0.717, 1.165) is 17.4 Å². The van der Waals surface area contributed by atoms with Gasteiger partial charge in [0.2, 0.25) is 5.91 Å². The third-order valence-corrected chi connectivity index (χ3v) is 8.36. The van der Waals surface area contributed by atoms with Crippen molar-refractivity contribution in [3.63, 3.8) is 0 Å². The summed E-state index contributed by atoms with van der Waals surface area (Å²) < 4.78 is 41.2. The molecule has 1 atom stereocenters. The third kappa shape index (κ3) is 4.67. The number of hydrogen-bond donors (Lipinski definition) is 1. The molecule has 2 aromatic rings. The average Bonchev–Trinajstić information content (AvgIpc) is 3.10. The van der Waals surface area contributed by atoms with Crippen molar-refractivity contribution in [2.24, 2.45) is 0 Å². The van der Waals surface area contributed by atoms with E-state index < -0.39 is 21.9 Å². The minimum atomic E-state index is -3.59. The highest BCUT2D eigenvalue weighted by molar-refractivity contribution is 7.91. The second-order valence-electron chi connectivity index (χ2n) is 6.29. The first-order valence-electron chi connectivity index (χ1n) is 8.44. The van der Waals surface area contributed by atoms with Crippen LogP contribution in [0.2, 0.25) is 9.36 Å². The largest absolute Gasteiger partial charge is 0.322 e. The number of nitrogens with zero attached hydrogens (tertiary/aromatic N) is 2. The fraction of sp³-hybridized carbons (Fsp3) is 0.353. The maximum atomic E-state index is 13.9. The van der Waals surface area contributed by atoms with Crippen LogP contribution in [0.15, 0.2) is 34.5 Å². The molecular weight excluding hydrogens is 448 g/mol. The zero-order chi connectivity index (χ0) is 20.5. The van der Waals surface area contributed by atoms with E-state index in [1.165, 1.54) is 22.5 Å². The molecule has 1 unspecified atom stereocenters. The van der Waals surface area contributed by atoms with Gasteiger partial charge in [0.1, 0.15) is 10.0 Å². The van der Waals surface area contributed by atoms with E-state index in [1.807, 2.05) is 4.90 Å². The SMILES string of the molecule is CC(C(=O)Nc1ccc(Cl)cc1F)N1CCN(S(=O)(=O)c2ccc(Cl)s2)CC1. The van der Waals surface area contributed by atoms with Gasteiger partial charge in [-0.1, -0.05) is 23.2 Å². The molecule has 1 aromatic heterocycles. The Morgan fingerprint density at radius 3 is 2.43 bits per heavy atom. The molecule has 2 heterocycles. The predicted octanol–water partition coefficient (Wildman–Crippen LogP) is 3.53. The highest BCUT2D eigenvalue weighted by Gasteiger charge is 2.32. The molecule has 0 bridgehead atoms. The molecule has 1 aliphatic rings. The zero-order valence-corrected chi connectivity index (χ0v) is 18.0. The number of benzene rings is 1. The Kier molecular flexibility index (Phi) is 6.63. The first-order chi connectivity index (χ1) is 13.2. The van der Waals surface area contributed by atoms with E-state index in [4.69, 9.17) is 23.2 Å². The lowest BCUT2D eigenvalue weighted by molar-refractivity contribution is -0.121. The summed E-state index contributed by atoms with van der Waals surface area (Å²) in [6.45, 7) is 2.98. The number of hydrogen-bond acceptors (Lipinski definition) is 5. The van der Waals surface area contributed by atoms with Gasteiger partial charge in [-0.2, -0.15) is 4.31 Å². The van der Waals surface area contributed by atoms with Crippen LogP contribution in [0.4, 0.5) is 10.1 Å². The standard InChI is InChI=1S/C17H18Cl2FN3O3S2/c1-11(17(24)21-14-3-2-12(18)10-13(14)20)22-6-8-23(9-7-22)28(25,26)16-5-4-15(19)27-16/h2-5,10-11H,6-9H2,1H3,(H,21,24). The number of piperazine rings is 1. The maximum Gasteiger partial charge on any atom is 0.252 e. The van der Waals surface area contributed by atoms with Crippen molar-refractivity contribution >= 4 is 56.2 Å². The van der Waals surface area contributed by atoms with Crippen molar-refractivity contribution in [1.82, 2.24) is 9.21 Å². The quantitative estimate of drug-likeness (QED) is 0.732. The number of nitrogens with one attached hydrogen (secondary N) is 1. The van der Waals surface area contributed by atoms with Crippen molar-refractivity contribution in [3.8, 4) is 0 Å². The first-order valence-corrected chi connectivity index (χ1v) is 11.4. The fourth-order valence-corrected chi connectivity index (χ4v) is 6.11. The summed E-state index contributed by atoms with van der Waals surface area (Å²) in [5, 5.41) is 2.79. The van der Waals surface area contributed by atoms with Crippen LogP contribution in [-0.2, 0) is 14.8 Å². The second kappa shape index (κ2) is 8.64. The van der Waals surface area contributed by atoms with Gasteiger partial charge in [0, 0.05) is 31.2 Å². The van der Waals surface area contributed by atoms with Crippen LogP contribution >= 0.6 is 34.5 Å². The summed E-state index contributed by atoms with van der Waals surface area (Å²) >= 11 is 12.6. The van der Waals surface area contributed by atoms with Gasteiger partial charge in [0.15, 0.2) is 0 Å². The van der Waals surface area contributed by atoms with Crippen LogP contribution in [0.25, 0.3) is 0 Å². The van der Waals surface area contributed by atoms with E-state index in [1.54, 1.807) is 13.0 Å². The van der Waals surface area contributed by atoms with E-state index >= 15 is 0 Å². The molecule has 11 heteroatoms. The summed E-state index contributed by atoms with van der Waals surface area (Å²) in [6, 6.07) is 6.52. The van der Waals surface area contributed by atoms with Crippen molar-refractivity contribution in [1.29, 1.82) is 0 Å². The molecule has 1 N–H and O–H groups in total. The van der Waals surface area contributed by atoms with Crippen LogP contribution in [0.5, 0.6) is 0 Å². The van der Waals surface area contributed by atoms with Gasteiger partial charge < -0.3 is 5.32 Å². The number of sulfonamides is 1. The maximum absolute atomic E-state index is 13.9. The Morgan fingerprint density at radius 1 is 1.18 bits per heavy atom. The Balaban J connectivity index is 1.60. The number of halogens is 3. The Morgan fingerprint density at radius 2 is 1.86 bits per heavy atom. The predicted molar refractivity (Wildman–Crippen MR) is 109 cm³/mol. The minimum Gasteiger partial charge on any atom is -0.322 e. The Labute approximate surface area is 176 Å². The van der Waals surface area contributed by atoms with E-state index in [2.05, 4.69) is 5.32 Å². The van der Waals surface area contributed by atoms with Crippen LogP contribution in [0, 0.1) is 5.82 Å². The molecule has 1 aliphatic heterocycles. The van der Waals surface area contributed by atoms with Gasteiger partial charge in [-0.3, -0.25) is 9.69 Å². The summed E-state index contributed by atoms with van der Waals surface area (Å²) in [7, 11) is -3.59.